The van der Waals surface area contributed by atoms with Gasteiger partial charge in [0.2, 0.25) is 0 Å². The van der Waals surface area contributed by atoms with Crippen LogP contribution in [0.3, 0.4) is 0 Å². The first-order valence-corrected chi connectivity index (χ1v) is 10.4. The molecular formula is C24H35N2O4-. The van der Waals surface area contributed by atoms with Crippen molar-refractivity contribution in [2.24, 2.45) is 0 Å². The summed E-state index contributed by atoms with van der Waals surface area (Å²) in [6.45, 7) is 13.1. The van der Waals surface area contributed by atoms with E-state index in [0.29, 0.717) is 29.0 Å². The van der Waals surface area contributed by atoms with E-state index in [0.717, 1.165) is 18.4 Å². The molecule has 0 N–H and O–H groups in total. The van der Waals surface area contributed by atoms with Crippen LogP contribution in [-0.2, 0) is 11.4 Å². The maximum absolute atomic E-state index is 12.5. The highest BCUT2D eigenvalue weighted by Crippen LogP contribution is 2.27. The first-order chi connectivity index (χ1) is 14.1. The first kappa shape index (κ1) is 24.0. The highest BCUT2D eigenvalue weighted by Gasteiger charge is 2.25. The third-order valence-corrected chi connectivity index (χ3v) is 5.47. The number of hydrogen-bond donors (Lipinski definition) is 0. The Morgan fingerprint density at radius 2 is 1.53 bits per heavy atom. The maximum atomic E-state index is 12.5. The van der Waals surface area contributed by atoms with E-state index in [-0.39, 0.29) is 11.1 Å². The predicted octanol–water partition coefficient (Wildman–Crippen LogP) is 6.10. The van der Waals surface area contributed by atoms with E-state index in [1.807, 2.05) is 43.2 Å². The molecule has 0 aliphatic heterocycles. The molecule has 0 atom stereocenters. The molecule has 6 heteroatoms. The van der Waals surface area contributed by atoms with Gasteiger partial charge < -0.3 is 19.6 Å². The maximum Gasteiger partial charge on any atom is 0.157 e. The molecule has 0 fully saturated rings. The molecule has 0 amide bonds. The van der Waals surface area contributed by atoms with Gasteiger partial charge in [0.1, 0.15) is 11.4 Å². The molecule has 0 radical (unpaired) electrons. The molecule has 30 heavy (non-hydrogen) atoms. The molecule has 0 heterocycles. The molecule has 6 nitrogen and oxygen atoms in total. The van der Waals surface area contributed by atoms with Crippen LogP contribution in [0.25, 0.3) is 0 Å². The fourth-order valence-corrected chi connectivity index (χ4v) is 2.73. The Bertz CT molecular complexity index is 790. The lowest BCUT2D eigenvalue weighted by molar-refractivity contribution is -0.200. The molecule has 0 saturated heterocycles. The molecule has 0 aromatic heterocycles. The third-order valence-electron chi connectivity index (χ3n) is 5.47. The Balaban J connectivity index is 2.04. The number of anilines is 1. The van der Waals surface area contributed by atoms with Gasteiger partial charge in [0.05, 0.1) is 12.8 Å². The lowest BCUT2D eigenvalue weighted by Crippen LogP contribution is -2.42. The highest BCUT2D eigenvalue weighted by atomic mass is 16.9. The van der Waals surface area contributed by atoms with Crippen molar-refractivity contribution in [3.05, 3.63) is 59.3 Å². The summed E-state index contributed by atoms with van der Waals surface area (Å²) in [6.07, 6.45) is 1.83. The molecule has 0 aliphatic rings. The van der Waals surface area contributed by atoms with E-state index in [9.17, 15) is 5.21 Å². The highest BCUT2D eigenvalue weighted by molar-refractivity contribution is 5.47. The summed E-state index contributed by atoms with van der Waals surface area (Å²) in [4.78, 5) is 11.0. The Morgan fingerprint density at radius 1 is 0.900 bits per heavy atom. The van der Waals surface area contributed by atoms with Crippen LogP contribution in [-0.4, -0.2) is 23.3 Å². The van der Waals surface area contributed by atoms with E-state index >= 15 is 0 Å². The van der Waals surface area contributed by atoms with Crippen molar-refractivity contribution < 1.29 is 14.4 Å². The van der Waals surface area contributed by atoms with E-state index in [1.54, 1.807) is 31.4 Å². The van der Waals surface area contributed by atoms with Crippen molar-refractivity contribution in [1.29, 1.82) is 0 Å². The van der Waals surface area contributed by atoms with Crippen molar-refractivity contribution in [3.63, 3.8) is 0 Å². The Labute approximate surface area is 180 Å². The fraction of sp³-hybridized carbons (Fsp3) is 0.500. The minimum atomic E-state index is -0.284. The molecule has 2 rings (SSSR count). The Kier molecular flexibility index (Phi) is 8.12. The van der Waals surface area contributed by atoms with Gasteiger partial charge in [-0.25, -0.2) is 0 Å². The summed E-state index contributed by atoms with van der Waals surface area (Å²) in [6, 6.07) is 14.4. The number of ether oxygens (including phenoxy) is 1. The van der Waals surface area contributed by atoms with E-state index in [4.69, 9.17) is 14.4 Å². The van der Waals surface area contributed by atoms with Crippen LogP contribution in [0.15, 0.2) is 48.5 Å². The molecular weight excluding hydrogens is 380 g/mol. The normalized spacial score (nSPS) is 12.2. The average Bonchev–Trinajstić information content (AvgIpc) is 2.72. The van der Waals surface area contributed by atoms with Gasteiger partial charge in [-0.2, -0.15) is 5.06 Å². The minimum Gasteiger partial charge on any atom is -0.724 e. The van der Waals surface area contributed by atoms with Gasteiger partial charge in [0.15, 0.2) is 5.75 Å². The van der Waals surface area contributed by atoms with Gasteiger partial charge in [-0.3, -0.25) is 5.23 Å². The SMILES string of the molecule is CCC(C)(C)Oc1cccc(ON([O-])c2ccc(CN(OC)C(C)(C)CC)cc2)c1. The quantitative estimate of drug-likeness (QED) is 0.413. The van der Waals surface area contributed by atoms with Crippen molar-refractivity contribution in [1.82, 2.24) is 5.06 Å². The standard InChI is InChI=1S/C24H35N2O4/c1-8-23(3,4)25(28-7)18-19-13-15-20(16-14-19)26(27)30-22-12-10-11-21(17-22)29-24(5,6)9-2/h10-17H,8-9,18H2,1-7H3/q-1. The number of hydroxylamine groups is 2. The average molecular weight is 416 g/mol. The van der Waals surface area contributed by atoms with Gasteiger partial charge in [-0.15, -0.1) is 0 Å². The second-order valence-electron chi connectivity index (χ2n) is 8.59. The van der Waals surface area contributed by atoms with Crippen molar-refractivity contribution in [2.45, 2.75) is 72.1 Å². The minimum absolute atomic E-state index is 0.0828. The molecule has 0 spiro atoms. The number of benzene rings is 2. The molecule has 0 unspecified atom stereocenters. The Morgan fingerprint density at radius 3 is 2.10 bits per heavy atom. The van der Waals surface area contributed by atoms with Gasteiger partial charge >= 0.3 is 0 Å². The summed E-state index contributed by atoms with van der Waals surface area (Å²) >= 11 is 0. The number of rotatable bonds is 11. The Hall–Kier alpha value is -2.28. The van der Waals surface area contributed by atoms with Crippen LogP contribution in [0.2, 0.25) is 0 Å². The van der Waals surface area contributed by atoms with Crippen molar-refractivity contribution >= 4 is 5.69 Å². The first-order valence-electron chi connectivity index (χ1n) is 10.4. The topological polar surface area (TPSA) is 57.2 Å². The van der Waals surface area contributed by atoms with Crippen LogP contribution in [0, 0.1) is 5.21 Å². The largest absolute Gasteiger partial charge is 0.724 e. The van der Waals surface area contributed by atoms with Crippen LogP contribution >= 0.6 is 0 Å². The van der Waals surface area contributed by atoms with Crippen LogP contribution in [0.1, 0.15) is 59.9 Å². The van der Waals surface area contributed by atoms with Crippen LogP contribution < -0.4 is 14.8 Å². The zero-order chi connectivity index (χ0) is 22.4. The molecule has 166 valence electrons. The van der Waals surface area contributed by atoms with Crippen molar-refractivity contribution in [3.8, 4) is 11.5 Å². The monoisotopic (exact) mass is 415 g/mol. The van der Waals surface area contributed by atoms with Gasteiger partial charge in [0, 0.05) is 18.2 Å². The van der Waals surface area contributed by atoms with E-state index in [2.05, 4.69) is 27.7 Å². The van der Waals surface area contributed by atoms with E-state index < -0.39 is 0 Å². The molecule has 0 aliphatic carbocycles. The summed E-state index contributed by atoms with van der Waals surface area (Å²) in [5.74, 6) is 1.09. The molecule has 0 saturated carbocycles. The second-order valence-corrected chi connectivity index (χ2v) is 8.59. The lowest BCUT2D eigenvalue weighted by Gasteiger charge is -2.36. The third kappa shape index (κ3) is 6.62. The van der Waals surface area contributed by atoms with Gasteiger partial charge in [-0.1, -0.05) is 32.0 Å². The van der Waals surface area contributed by atoms with Crippen LogP contribution in [0.5, 0.6) is 11.5 Å². The van der Waals surface area contributed by atoms with Crippen LogP contribution in [0.4, 0.5) is 5.69 Å². The molecule has 2 aromatic carbocycles. The molecule has 2 aromatic rings. The molecule has 0 bridgehead atoms. The predicted molar refractivity (Wildman–Crippen MR) is 121 cm³/mol. The fourth-order valence-electron chi connectivity index (χ4n) is 2.73. The second kappa shape index (κ2) is 10.2. The lowest BCUT2D eigenvalue weighted by atomic mass is 10.0. The van der Waals surface area contributed by atoms with Gasteiger partial charge in [0.25, 0.3) is 0 Å². The summed E-state index contributed by atoms with van der Waals surface area (Å²) in [7, 11) is 1.68. The van der Waals surface area contributed by atoms with Gasteiger partial charge in [-0.05, 0) is 70.4 Å². The number of hydrogen-bond acceptors (Lipinski definition) is 6. The van der Waals surface area contributed by atoms with Crippen molar-refractivity contribution in [2.75, 3.05) is 12.3 Å². The summed E-state index contributed by atoms with van der Waals surface area (Å²) in [5.41, 5.74) is 1.10. The zero-order valence-electron chi connectivity index (χ0n) is 19.3. The zero-order valence-corrected chi connectivity index (χ0v) is 19.3. The number of nitrogens with zero attached hydrogens (tertiary/aromatic N) is 2. The van der Waals surface area contributed by atoms with E-state index in [1.165, 1.54) is 0 Å². The summed E-state index contributed by atoms with van der Waals surface area (Å²) in [5, 5.41) is 14.9. The smallest absolute Gasteiger partial charge is 0.157 e. The summed E-state index contributed by atoms with van der Waals surface area (Å²) < 4.78 is 5.96.